The third kappa shape index (κ3) is 4.90. The van der Waals surface area contributed by atoms with E-state index in [1.807, 2.05) is 18.0 Å². The van der Waals surface area contributed by atoms with E-state index in [2.05, 4.69) is 27.3 Å². The highest BCUT2D eigenvalue weighted by atomic mass is 79.9. The summed E-state index contributed by atoms with van der Waals surface area (Å²) < 4.78 is 1.10. The van der Waals surface area contributed by atoms with Gasteiger partial charge in [0.05, 0.1) is 10.3 Å². The van der Waals surface area contributed by atoms with Crippen molar-refractivity contribution in [1.82, 2.24) is 4.90 Å². The molecule has 2 aromatic rings. The summed E-state index contributed by atoms with van der Waals surface area (Å²) in [4.78, 5) is 15.1. The SMILES string of the molecule is CN(CC(=O)Nc1ccc(Cl)cc1)Cc1ccc(Br)s1. The summed E-state index contributed by atoms with van der Waals surface area (Å²) in [5.74, 6) is -0.0366. The molecule has 0 aliphatic heterocycles. The van der Waals surface area contributed by atoms with Gasteiger partial charge in [0.15, 0.2) is 0 Å². The van der Waals surface area contributed by atoms with Crippen LogP contribution < -0.4 is 5.32 Å². The summed E-state index contributed by atoms with van der Waals surface area (Å²) >= 11 is 10.9. The number of thiophene rings is 1. The minimum Gasteiger partial charge on any atom is -0.325 e. The molecule has 3 nitrogen and oxygen atoms in total. The molecule has 0 atom stereocenters. The Kier molecular flexibility index (Phi) is 5.60. The molecule has 0 saturated carbocycles. The normalized spacial score (nSPS) is 10.8. The van der Waals surface area contributed by atoms with Gasteiger partial charge in [-0.05, 0) is 59.4 Å². The average molecular weight is 374 g/mol. The van der Waals surface area contributed by atoms with E-state index >= 15 is 0 Å². The van der Waals surface area contributed by atoms with Crippen LogP contribution in [0.5, 0.6) is 0 Å². The van der Waals surface area contributed by atoms with Gasteiger partial charge in [0.1, 0.15) is 0 Å². The van der Waals surface area contributed by atoms with E-state index in [1.54, 1.807) is 35.6 Å². The molecule has 1 amide bonds. The lowest BCUT2D eigenvalue weighted by molar-refractivity contribution is -0.117. The van der Waals surface area contributed by atoms with Crippen LogP contribution in [-0.4, -0.2) is 24.4 Å². The van der Waals surface area contributed by atoms with Gasteiger partial charge in [-0.2, -0.15) is 0 Å². The molecular weight excluding hydrogens is 360 g/mol. The van der Waals surface area contributed by atoms with Gasteiger partial charge in [0, 0.05) is 22.1 Å². The summed E-state index contributed by atoms with van der Waals surface area (Å²) in [5.41, 5.74) is 0.756. The van der Waals surface area contributed by atoms with Crippen molar-refractivity contribution in [2.24, 2.45) is 0 Å². The first-order valence-electron chi connectivity index (χ1n) is 6.01. The zero-order chi connectivity index (χ0) is 14.5. The number of rotatable bonds is 5. The van der Waals surface area contributed by atoms with E-state index in [0.717, 1.165) is 16.0 Å². The smallest absolute Gasteiger partial charge is 0.238 e. The Balaban J connectivity index is 1.83. The molecule has 1 N–H and O–H groups in total. The van der Waals surface area contributed by atoms with Crippen molar-refractivity contribution in [2.45, 2.75) is 6.54 Å². The molecule has 106 valence electrons. The number of carbonyl (C=O) groups is 1. The van der Waals surface area contributed by atoms with Crippen LogP contribution in [0.1, 0.15) is 4.88 Å². The molecule has 0 aliphatic carbocycles. The van der Waals surface area contributed by atoms with Gasteiger partial charge in [-0.15, -0.1) is 11.3 Å². The quantitative estimate of drug-likeness (QED) is 0.850. The third-order valence-electron chi connectivity index (χ3n) is 2.60. The van der Waals surface area contributed by atoms with Crippen LogP contribution in [0.2, 0.25) is 5.02 Å². The maximum Gasteiger partial charge on any atom is 0.238 e. The average Bonchev–Trinajstić information content (AvgIpc) is 2.77. The number of hydrogen-bond acceptors (Lipinski definition) is 3. The fourth-order valence-electron chi connectivity index (χ4n) is 1.74. The Hall–Kier alpha value is -0.880. The molecule has 0 radical (unpaired) electrons. The Morgan fingerprint density at radius 2 is 2.00 bits per heavy atom. The molecule has 1 heterocycles. The van der Waals surface area contributed by atoms with Crippen molar-refractivity contribution in [1.29, 1.82) is 0 Å². The zero-order valence-corrected chi connectivity index (χ0v) is 14.1. The summed E-state index contributed by atoms with van der Waals surface area (Å²) in [7, 11) is 1.93. The Bertz CT molecular complexity index is 585. The van der Waals surface area contributed by atoms with Gasteiger partial charge in [-0.3, -0.25) is 9.69 Å². The van der Waals surface area contributed by atoms with Crippen molar-refractivity contribution < 1.29 is 4.79 Å². The van der Waals surface area contributed by atoms with E-state index in [0.29, 0.717) is 11.6 Å². The van der Waals surface area contributed by atoms with Crippen molar-refractivity contribution in [3.05, 3.63) is 50.1 Å². The molecule has 1 aromatic heterocycles. The third-order valence-corrected chi connectivity index (χ3v) is 4.46. The molecule has 0 fully saturated rings. The molecule has 0 spiro atoms. The number of nitrogens with one attached hydrogen (secondary N) is 1. The summed E-state index contributed by atoms with van der Waals surface area (Å²) in [6, 6.07) is 11.2. The second kappa shape index (κ2) is 7.22. The van der Waals surface area contributed by atoms with E-state index in [-0.39, 0.29) is 5.91 Å². The molecule has 0 aliphatic rings. The number of anilines is 1. The molecule has 6 heteroatoms. The number of benzene rings is 1. The van der Waals surface area contributed by atoms with Gasteiger partial charge in [0.2, 0.25) is 5.91 Å². The minimum atomic E-state index is -0.0366. The molecule has 1 aromatic carbocycles. The Morgan fingerprint density at radius 3 is 2.60 bits per heavy atom. The van der Waals surface area contributed by atoms with Gasteiger partial charge in [-0.1, -0.05) is 11.6 Å². The Labute approximate surface area is 135 Å². The number of halogens is 2. The number of hydrogen-bond donors (Lipinski definition) is 1. The van der Waals surface area contributed by atoms with Crippen molar-refractivity contribution in [2.75, 3.05) is 18.9 Å². The first-order valence-corrected chi connectivity index (χ1v) is 8.00. The monoisotopic (exact) mass is 372 g/mol. The van der Waals surface area contributed by atoms with E-state index in [9.17, 15) is 4.79 Å². The number of carbonyl (C=O) groups excluding carboxylic acids is 1. The van der Waals surface area contributed by atoms with Crippen LogP contribution in [0.25, 0.3) is 0 Å². The van der Waals surface area contributed by atoms with Gasteiger partial charge in [0.25, 0.3) is 0 Å². The summed E-state index contributed by atoms with van der Waals surface area (Å²) in [6.07, 6.45) is 0. The van der Waals surface area contributed by atoms with Crippen LogP contribution in [0.4, 0.5) is 5.69 Å². The number of nitrogens with zero attached hydrogens (tertiary/aromatic N) is 1. The summed E-state index contributed by atoms with van der Waals surface area (Å²) in [5, 5.41) is 3.50. The molecule has 0 unspecified atom stereocenters. The van der Waals surface area contributed by atoms with Gasteiger partial charge < -0.3 is 5.32 Å². The molecule has 20 heavy (non-hydrogen) atoms. The first kappa shape index (κ1) is 15.5. The van der Waals surface area contributed by atoms with Crippen LogP contribution in [0.3, 0.4) is 0 Å². The van der Waals surface area contributed by atoms with Crippen LogP contribution >= 0.6 is 38.9 Å². The lowest BCUT2D eigenvalue weighted by Crippen LogP contribution is -2.29. The highest BCUT2D eigenvalue weighted by molar-refractivity contribution is 9.11. The zero-order valence-electron chi connectivity index (χ0n) is 10.9. The first-order chi connectivity index (χ1) is 9.52. The lowest BCUT2D eigenvalue weighted by atomic mass is 10.3. The molecule has 2 rings (SSSR count). The molecular formula is C14H14BrClN2OS. The topological polar surface area (TPSA) is 32.3 Å². The van der Waals surface area contributed by atoms with Crippen LogP contribution in [-0.2, 0) is 11.3 Å². The minimum absolute atomic E-state index is 0.0366. The Morgan fingerprint density at radius 1 is 1.30 bits per heavy atom. The van der Waals surface area contributed by atoms with Crippen molar-refractivity contribution in [3.63, 3.8) is 0 Å². The number of likely N-dealkylation sites (N-methyl/N-ethyl adjacent to an activating group) is 1. The predicted octanol–water partition coefficient (Wildman–Crippen LogP) is 4.23. The summed E-state index contributed by atoms with van der Waals surface area (Å²) in [6.45, 7) is 1.10. The second-order valence-electron chi connectivity index (χ2n) is 4.43. The van der Waals surface area contributed by atoms with E-state index in [4.69, 9.17) is 11.6 Å². The largest absolute Gasteiger partial charge is 0.325 e. The fraction of sp³-hybridized carbons (Fsp3) is 0.214. The van der Waals surface area contributed by atoms with Crippen molar-refractivity contribution >= 4 is 50.5 Å². The van der Waals surface area contributed by atoms with E-state index in [1.165, 1.54) is 4.88 Å². The lowest BCUT2D eigenvalue weighted by Gasteiger charge is -2.15. The van der Waals surface area contributed by atoms with Crippen LogP contribution in [0.15, 0.2) is 40.2 Å². The predicted molar refractivity (Wildman–Crippen MR) is 88.4 cm³/mol. The maximum atomic E-state index is 11.9. The highest BCUT2D eigenvalue weighted by Crippen LogP contribution is 2.22. The standard InChI is InChI=1S/C14H14BrClN2OS/c1-18(8-12-6-7-13(15)20-12)9-14(19)17-11-4-2-10(16)3-5-11/h2-7H,8-9H2,1H3,(H,17,19). The van der Waals surface area contributed by atoms with Crippen LogP contribution in [0, 0.1) is 0 Å². The number of amides is 1. The molecule has 0 bridgehead atoms. The maximum absolute atomic E-state index is 11.9. The second-order valence-corrected chi connectivity index (χ2v) is 7.42. The van der Waals surface area contributed by atoms with Gasteiger partial charge >= 0.3 is 0 Å². The molecule has 0 saturated heterocycles. The van der Waals surface area contributed by atoms with Gasteiger partial charge in [-0.25, -0.2) is 0 Å². The highest BCUT2D eigenvalue weighted by Gasteiger charge is 2.08. The van der Waals surface area contributed by atoms with Crippen molar-refractivity contribution in [3.8, 4) is 0 Å². The van der Waals surface area contributed by atoms with E-state index < -0.39 is 0 Å². The fourth-order valence-corrected chi connectivity index (χ4v) is 3.43.